The van der Waals surface area contributed by atoms with Crippen molar-refractivity contribution in [1.29, 1.82) is 0 Å². The summed E-state index contributed by atoms with van der Waals surface area (Å²) >= 11 is 1.54. The minimum atomic E-state index is -0.718. The third kappa shape index (κ3) is 4.85. The highest BCUT2D eigenvalue weighted by Gasteiger charge is 2.30. The number of halogens is 2. The number of fused-ring (bicyclic) bond motifs is 5. The highest BCUT2D eigenvalue weighted by molar-refractivity contribution is 7.99. The average Bonchev–Trinajstić information content (AvgIpc) is 2.98. The van der Waals surface area contributed by atoms with Crippen LogP contribution < -0.4 is 11.0 Å². The van der Waals surface area contributed by atoms with Crippen molar-refractivity contribution < 1.29 is 13.6 Å². The first-order chi connectivity index (χ1) is 20.3. The van der Waals surface area contributed by atoms with E-state index < -0.39 is 17.3 Å². The molecule has 0 atom stereocenters. The molecule has 0 spiro atoms. The number of nitrogens with one attached hydrogen (secondary N) is 1. The summed E-state index contributed by atoms with van der Waals surface area (Å²) in [6.07, 6.45) is 4.09. The van der Waals surface area contributed by atoms with Gasteiger partial charge in [-0.15, -0.1) is 11.8 Å². The zero-order valence-electron chi connectivity index (χ0n) is 23.4. The van der Waals surface area contributed by atoms with Crippen LogP contribution in [0.1, 0.15) is 49.9 Å². The van der Waals surface area contributed by atoms with Crippen LogP contribution in [0, 0.1) is 11.6 Å². The van der Waals surface area contributed by atoms with E-state index in [4.69, 9.17) is 4.98 Å². The molecular formula is C31H30F2N6O2S. The van der Waals surface area contributed by atoms with Crippen LogP contribution in [0.15, 0.2) is 58.9 Å². The maximum atomic E-state index is 16.0. The van der Waals surface area contributed by atoms with Gasteiger partial charge in [0.2, 0.25) is 5.91 Å². The molecule has 8 nitrogen and oxygen atoms in total. The molecule has 0 aliphatic carbocycles. The number of carbonyl (C=O) groups excluding carboxylic acids is 1. The highest BCUT2D eigenvalue weighted by atomic mass is 32.2. The number of aromatic nitrogens is 4. The molecule has 11 heteroatoms. The number of hydrogen-bond donors (Lipinski definition) is 1. The summed E-state index contributed by atoms with van der Waals surface area (Å²) < 4.78 is 32.8. The van der Waals surface area contributed by atoms with Gasteiger partial charge in [0.1, 0.15) is 17.3 Å². The summed E-state index contributed by atoms with van der Waals surface area (Å²) in [5, 5.41) is 3.62. The second-order valence-electron chi connectivity index (χ2n) is 10.7. The summed E-state index contributed by atoms with van der Waals surface area (Å²) in [5.41, 5.74) is 1.53. The van der Waals surface area contributed by atoms with E-state index in [1.54, 1.807) is 23.2 Å². The number of rotatable bonds is 3. The van der Waals surface area contributed by atoms with Gasteiger partial charge < -0.3 is 10.2 Å². The van der Waals surface area contributed by atoms with Crippen LogP contribution in [0.25, 0.3) is 28.0 Å². The molecular weight excluding hydrogens is 558 g/mol. The SMILES string of the molecule is C=CC(=O)N1CCC(c2nc(=O)n3c4nc(c(F)cc24)-c2c(F)cccc2NCCSc2ccnc(C(C)C)c2-3)CC1. The van der Waals surface area contributed by atoms with Gasteiger partial charge in [0, 0.05) is 53.5 Å². The molecule has 0 radical (unpaired) electrons. The molecule has 1 amide bonds. The zero-order chi connectivity index (χ0) is 29.5. The molecule has 5 heterocycles. The lowest BCUT2D eigenvalue weighted by molar-refractivity contribution is -0.127. The zero-order valence-corrected chi connectivity index (χ0v) is 24.2. The van der Waals surface area contributed by atoms with E-state index in [-0.39, 0.29) is 34.6 Å². The molecule has 1 fully saturated rings. The van der Waals surface area contributed by atoms with E-state index in [1.807, 2.05) is 19.9 Å². The van der Waals surface area contributed by atoms with Crippen LogP contribution in [-0.2, 0) is 4.79 Å². The second kappa shape index (κ2) is 11.3. The van der Waals surface area contributed by atoms with Gasteiger partial charge in [-0.3, -0.25) is 9.78 Å². The Hall–Kier alpha value is -4.12. The van der Waals surface area contributed by atoms with E-state index in [0.717, 1.165) is 4.90 Å². The van der Waals surface area contributed by atoms with Gasteiger partial charge in [0.25, 0.3) is 0 Å². The fourth-order valence-corrected chi connectivity index (χ4v) is 6.72. The molecule has 0 unspecified atom stereocenters. The minimum Gasteiger partial charge on any atom is -0.384 e. The maximum Gasteiger partial charge on any atom is 0.354 e. The van der Waals surface area contributed by atoms with E-state index in [1.165, 1.54) is 34.5 Å². The van der Waals surface area contributed by atoms with Gasteiger partial charge in [-0.05, 0) is 49.1 Å². The fourth-order valence-electron chi connectivity index (χ4n) is 5.81. The Morgan fingerprint density at radius 3 is 2.69 bits per heavy atom. The average molecular weight is 589 g/mol. The molecule has 1 N–H and O–H groups in total. The van der Waals surface area contributed by atoms with Gasteiger partial charge in [-0.1, -0.05) is 26.5 Å². The van der Waals surface area contributed by atoms with Gasteiger partial charge in [-0.2, -0.15) is 4.98 Å². The van der Waals surface area contributed by atoms with Crippen molar-refractivity contribution >= 4 is 34.4 Å². The molecule has 42 heavy (non-hydrogen) atoms. The number of nitrogens with zero attached hydrogens (tertiary/aromatic N) is 5. The maximum absolute atomic E-state index is 16.0. The molecule has 6 rings (SSSR count). The summed E-state index contributed by atoms with van der Waals surface area (Å²) in [6, 6.07) is 7.70. The topological polar surface area (TPSA) is 93.0 Å². The van der Waals surface area contributed by atoms with Crippen molar-refractivity contribution in [3.8, 4) is 16.9 Å². The molecule has 216 valence electrons. The van der Waals surface area contributed by atoms with E-state index in [0.29, 0.717) is 66.4 Å². The molecule has 1 saturated heterocycles. The van der Waals surface area contributed by atoms with Gasteiger partial charge >= 0.3 is 5.69 Å². The molecule has 2 bridgehead atoms. The number of likely N-dealkylation sites (tertiary alicyclic amines) is 1. The summed E-state index contributed by atoms with van der Waals surface area (Å²) in [5.74, 6) is -1.14. The Morgan fingerprint density at radius 1 is 1.17 bits per heavy atom. The summed E-state index contributed by atoms with van der Waals surface area (Å²) in [6.45, 7) is 8.93. The Bertz CT molecular complexity index is 1780. The number of carbonyl (C=O) groups is 1. The molecule has 0 saturated carbocycles. The van der Waals surface area contributed by atoms with Gasteiger partial charge in [0.15, 0.2) is 5.65 Å². The second-order valence-corrected chi connectivity index (χ2v) is 11.9. The lowest BCUT2D eigenvalue weighted by atomic mass is 9.91. The number of amides is 1. The Labute approximate surface area is 245 Å². The fraction of sp³-hybridized carbons (Fsp3) is 0.323. The lowest BCUT2D eigenvalue weighted by Gasteiger charge is -2.31. The van der Waals surface area contributed by atoms with Crippen molar-refractivity contribution in [3.05, 3.63) is 82.7 Å². The molecule has 2 aliphatic heterocycles. The van der Waals surface area contributed by atoms with Crippen LogP contribution in [-0.4, -0.2) is 55.7 Å². The quantitative estimate of drug-likeness (QED) is 0.309. The Balaban J connectivity index is 1.66. The third-order valence-corrected chi connectivity index (χ3v) is 8.88. The number of piperidine rings is 1. The van der Waals surface area contributed by atoms with Crippen LogP contribution in [0.5, 0.6) is 0 Å². The molecule has 4 aromatic rings. The van der Waals surface area contributed by atoms with Crippen molar-refractivity contribution in [1.82, 2.24) is 24.4 Å². The summed E-state index contributed by atoms with van der Waals surface area (Å²) in [4.78, 5) is 42.6. The first-order valence-electron chi connectivity index (χ1n) is 14.0. The lowest BCUT2D eigenvalue weighted by Crippen LogP contribution is -2.37. The molecule has 1 aromatic carbocycles. The van der Waals surface area contributed by atoms with Crippen molar-refractivity contribution in [3.63, 3.8) is 0 Å². The summed E-state index contributed by atoms with van der Waals surface area (Å²) in [7, 11) is 0. The predicted octanol–water partition coefficient (Wildman–Crippen LogP) is 5.65. The third-order valence-electron chi connectivity index (χ3n) is 7.83. The highest BCUT2D eigenvalue weighted by Crippen LogP contribution is 2.39. The Morgan fingerprint density at radius 2 is 1.95 bits per heavy atom. The van der Waals surface area contributed by atoms with Crippen LogP contribution in [0.3, 0.4) is 0 Å². The number of hydrogen-bond acceptors (Lipinski definition) is 7. The normalized spacial score (nSPS) is 15.5. The number of thioether (sulfide) groups is 1. The number of benzene rings is 1. The first kappa shape index (κ1) is 28.0. The van der Waals surface area contributed by atoms with Crippen molar-refractivity contribution in [2.75, 3.05) is 30.7 Å². The number of anilines is 1. The predicted molar refractivity (Wildman–Crippen MR) is 160 cm³/mol. The first-order valence-corrected chi connectivity index (χ1v) is 15.0. The van der Waals surface area contributed by atoms with E-state index in [9.17, 15) is 9.59 Å². The minimum absolute atomic E-state index is 0.00609. The Kier molecular flexibility index (Phi) is 7.53. The van der Waals surface area contributed by atoms with Crippen LogP contribution in [0.4, 0.5) is 14.5 Å². The van der Waals surface area contributed by atoms with Crippen molar-refractivity contribution in [2.45, 2.75) is 43.4 Å². The monoisotopic (exact) mass is 588 g/mol. The van der Waals surface area contributed by atoms with Crippen LogP contribution >= 0.6 is 11.8 Å². The van der Waals surface area contributed by atoms with E-state index in [2.05, 4.69) is 21.9 Å². The standard InChI is InChI=1S/C31H30F2N6O2S/c1-4-24(40)38-13-9-18(10-14-38)27-19-16-21(33)28-25-20(32)6-5-7-22(25)34-12-15-42-23-8-11-35-26(17(2)3)29(23)39(30(19)36-28)31(41)37-27/h4-8,11,16-18,34H,1,9-10,12-15H2,2-3H3. The van der Waals surface area contributed by atoms with Gasteiger partial charge in [0.05, 0.1) is 22.6 Å². The van der Waals surface area contributed by atoms with Crippen molar-refractivity contribution in [2.24, 2.45) is 0 Å². The van der Waals surface area contributed by atoms with E-state index >= 15 is 8.78 Å². The van der Waals surface area contributed by atoms with Gasteiger partial charge in [-0.25, -0.2) is 23.1 Å². The smallest absolute Gasteiger partial charge is 0.354 e. The molecule has 3 aromatic heterocycles. The largest absolute Gasteiger partial charge is 0.384 e. The molecule has 2 aliphatic rings. The van der Waals surface area contributed by atoms with Crippen LogP contribution in [0.2, 0.25) is 0 Å². The number of pyridine rings is 2.